The van der Waals surface area contributed by atoms with Crippen molar-refractivity contribution in [2.75, 3.05) is 13.7 Å². The third kappa shape index (κ3) is 4.44. The van der Waals surface area contributed by atoms with Gasteiger partial charge in [0.2, 0.25) is 0 Å². The Labute approximate surface area is 162 Å². The molecule has 0 N–H and O–H groups in total. The fourth-order valence-corrected chi connectivity index (χ4v) is 3.83. The monoisotopic (exact) mass is 388 g/mol. The van der Waals surface area contributed by atoms with Gasteiger partial charge in [-0.2, -0.15) is 0 Å². The van der Waals surface area contributed by atoms with Crippen LogP contribution in [0.15, 0.2) is 53.9 Å². The zero-order valence-electron chi connectivity index (χ0n) is 14.8. The fraction of sp³-hybridized carbons (Fsp3) is 0.316. The van der Waals surface area contributed by atoms with Gasteiger partial charge in [0.05, 0.1) is 5.02 Å². The Hall–Kier alpha value is -1.89. The maximum atomic E-state index is 6.38. The van der Waals surface area contributed by atoms with Crippen LogP contribution in [0.2, 0.25) is 5.02 Å². The van der Waals surface area contributed by atoms with E-state index in [9.17, 15) is 0 Å². The molecule has 0 unspecified atom stereocenters. The highest BCUT2D eigenvalue weighted by molar-refractivity contribution is 7.99. The van der Waals surface area contributed by atoms with Gasteiger partial charge in [0.25, 0.3) is 0 Å². The van der Waals surface area contributed by atoms with Gasteiger partial charge >= 0.3 is 0 Å². The SMILES string of the molecule is COCCCn1c(S[C@H](C)c2cccnc2)nnc1-c1ccccc1Cl. The van der Waals surface area contributed by atoms with Crippen LogP contribution in [0.1, 0.15) is 24.2 Å². The lowest BCUT2D eigenvalue weighted by Gasteiger charge is -2.14. The number of thioether (sulfide) groups is 1. The van der Waals surface area contributed by atoms with E-state index in [0.717, 1.165) is 35.1 Å². The quantitative estimate of drug-likeness (QED) is 0.406. The summed E-state index contributed by atoms with van der Waals surface area (Å²) in [6.07, 6.45) is 4.54. The van der Waals surface area contributed by atoms with E-state index in [0.29, 0.717) is 11.6 Å². The van der Waals surface area contributed by atoms with Crippen LogP contribution in [-0.4, -0.2) is 33.5 Å². The summed E-state index contributed by atoms with van der Waals surface area (Å²) in [5.41, 5.74) is 2.04. The van der Waals surface area contributed by atoms with E-state index in [1.54, 1.807) is 25.1 Å². The molecular weight excluding hydrogens is 368 g/mol. The normalized spacial score (nSPS) is 12.3. The van der Waals surface area contributed by atoms with Crippen LogP contribution in [-0.2, 0) is 11.3 Å². The predicted octanol–water partition coefficient (Wildman–Crippen LogP) is 4.88. The Balaban J connectivity index is 1.91. The van der Waals surface area contributed by atoms with Crippen LogP contribution >= 0.6 is 23.4 Å². The summed E-state index contributed by atoms with van der Waals surface area (Å²) in [7, 11) is 1.71. The Morgan fingerprint density at radius 1 is 1.19 bits per heavy atom. The third-order valence-corrected chi connectivity index (χ3v) is 5.47. The molecule has 0 aliphatic carbocycles. The fourth-order valence-electron chi connectivity index (χ4n) is 2.63. The second-order valence-corrected chi connectivity index (χ2v) is 7.55. The average Bonchev–Trinajstić information content (AvgIpc) is 3.05. The smallest absolute Gasteiger partial charge is 0.192 e. The van der Waals surface area contributed by atoms with Gasteiger partial charge in [-0.25, -0.2) is 0 Å². The van der Waals surface area contributed by atoms with Crippen molar-refractivity contribution in [3.8, 4) is 11.4 Å². The Morgan fingerprint density at radius 2 is 2.04 bits per heavy atom. The molecule has 26 heavy (non-hydrogen) atoms. The summed E-state index contributed by atoms with van der Waals surface area (Å²) in [4.78, 5) is 4.20. The van der Waals surface area contributed by atoms with Crippen LogP contribution in [0.5, 0.6) is 0 Å². The van der Waals surface area contributed by atoms with Gasteiger partial charge in [0.15, 0.2) is 11.0 Å². The van der Waals surface area contributed by atoms with Gasteiger partial charge in [0, 0.05) is 43.5 Å². The van der Waals surface area contributed by atoms with Crippen molar-refractivity contribution in [1.29, 1.82) is 0 Å². The summed E-state index contributed by atoms with van der Waals surface area (Å²) in [5, 5.41) is 10.6. The van der Waals surface area contributed by atoms with E-state index in [4.69, 9.17) is 16.3 Å². The molecule has 2 heterocycles. The van der Waals surface area contributed by atoms with Gasteiger partial charge in [-0.3, -0.25) is 4.98 Å². The van der Waals surface area contributed by atoms with Gasteiger partial charge < -0.3 is 9.30 Å². The standard InChI is InChI=1S/C19H21ClN4OS/c1-14(15-7-5-10-21-13-15)26-19-23-22-18(24(19)11-6-12-25-2)16-8-3-4-9-17(16)20/h3-5,7-10,13-14H,6,11-12H2,1-2H3/t14-/m1/s1. The van der Waals surface area contributed by atoms with Crippen LogP contribution in [0.4, 0.5) is 0 Å². The molecule has 5 nitrogen and oxygen atoms in total. The molecule has 3 aromatic rings. The zero-order valence-corrected chi connectivity index (χ0v) is 16.4. The van der Waals surface area contributed by atoms with E-state index in [1.165, 1.54) is 0 Å². The Bertz CT molecular complexity index is 841. The highest BCUT2D eigenvalue weighted by Crippen LogP contribution is 2.36. The molecule has 136 valence electrons. The largest absolute Gasteiger partial charge is 0.385 e. The van der Waals surface area contributed by atoms with E-state index in [1.807, 2.05) is 36.5 Å². The number of benzene rings is 1. The molecular formula is C19H21ClN4OS. The number of nitrogens with zero attached hydrogens (tertiary/aromatic N) is 4. The third-order valence-electron chi connectivity index (χ3n) is 4.00. The van der Waals surface area contributed by atoms with Crippen molar-refractivity contribution in [2.45, 2.75) is 30.3 Å². The summed E-state index contributed by atoms with van der Waals surface area (Å²) in [6, 6.07) is 11.7. The number of hydrogen-bond donors (Lipinski definition) is 0. The number of hydrogen-bond acceptors (Lipinski definition) is 5. The topological polar surface area (TPSA) is 52.8 Å². The van der Waals surface area contributed by atoms with Gasteiger partial charge in [-0.1, -0.05) is 41.6 Å². The predicted molar refractivity (Wildman–Crippen MR) is 105 cm³/mol. The molecule has 3 rings (SSSR count). The molecule has 0 spiro atoms. The summed E-state index contributed by atoms with van der Waals surface area (Å²) < 4.78 is 7.33. The molecule has 0 saturated heterocycles. The van der Waals surface area contributed by atoms with Crippen molar-refractivity contribution in [2.24, 2.45) is 0 Å². The number of rotatable bonds is 8. The molecule has 1 aromatic carbocycles. The minimum atomic E-state index is 0.216. The van der Waals surface area contributed by atoms with Gasteiger partial charge in [0.1, 0.15) is 0 Å². The lowest BCUT2D eigenvalue weighted by atomic mass is 10.2. The minimum absolute atomic E-state index is 0.216. The number of methoxy groups -OCH3 is 1. The van der Waals surface area contributed by atoms with E-state index in [2.05, 4.69) is 32.7 Å². The highest BCUT2D eigenvalue weighted by atomic mass is 35.5. The van der Waals surface area contributed by atoms with Crippen molar-refractivity contribution in [1.82, 2.24) is 19.7 Å². The van der Waals surface area contributed by atoms with E-state index < -0.39 is 0 Å². The maximum absolute atomic E-state index is 6.38. The second-order valence-electron chi connectivity index (χ2n) is 5.83. The molecule has 0 radical (unpaired) electrons. The number of aromatic nitrogens is 4. The van der Waals surface area contributed by atoms with Crippen LogP contribution in [0.3, 0.4) is 0 Å². The van der Waals surface area contributed by atoms with Crippen molar-refractivity contribution in [3.63, 3.8) is 0 Å². The van der Waals surface area contributed by atoms with Crippen molar-refractivity contribution >= 4 is 23.4 Å². The minimum Gasteiger partial charge on any atom is -0.385 e. The molecule has 0 amide bonds. The first-order valence-corrected chi connectivity index (χ1v) is 9.70. The molecule has 0 saturated carbocycles. The first-order chi connectivity index (χ1) is 12.7. The van der Waals surface area contributed by atoms with Crippen LogP contribution in [0, 0.1) is 0 Å². The zero-order chi connectivity index (χ0) is 18.4. The van der Waals surface area contributed by atoms with Gasteiger partial charge in [-0.15, -0.1) is 10.2 Å². The first-order valence-electron chi connectivity index (χ1n) is 8.44. The van der Waals surface area contributed by atoms with Crippen molar-refractivity contribution < 1.29 is 4.74 Å². The van der Waals surface area contributed by atoms with Crippen molar-refractivity contribution in [3.05, 3.63) is 59.4 Å². The molecule has 0 bridgehead atoms. The molecule has 0 fully saturated rings. The number of pyridine rings is 1. The molecule has 0 aliphatic rings. The summed E-state index contributed by atoms with van der Waals surface area (Å²) >= 11 is 8.05. The molecule has 0 aliphatic heterocycles. The van der Waals surface area contributed by atoms with E-state index in [-0.39, 0.29) is 5.25 Å². The lowest BCUT2D eigenvalue weighted by Crippen LogP contribution is -2.06. The average molecular weight is 389 g/mol. The molecule has 1 atom stereocenters. The number of halogens is 1. The Kier molecular flexibility index (Phi) is 6.66. The summed E-state index contributed by atoms with van der Waals surface area (Å²) in [5.74, 6) is 0.785. The lowest BCUT2D eigenvalue weighted by molar-refractivity contribution is 0.189. The van der Waals surface area contributed by atoms with E-state index >= 15 is 0 Å². The first kappa shape index (κ1) is 18.9. The van der Waals surface area contributed by atoms with Crippen LogP contribution < -0.4 is 0 Å². The second kappa shape index (κ2) is 9.16. The summed E-state index contributed by atoms with van der Waals surface area (Å²) in [6.45, 7) is 3.59. The van der Waals surface area contributed by atoms with Gasteiger partial charge in [-0.05, 0) is 37.1 Å². The molecule has 7 heteroatoms. The highest BCUT2D eigenvalue weighted by Gasteiger charge is 2.19. The maximum Gasteiger partial charge on any atom is 0.192 e. The van der Waals surface area contributed by atoms with Crippen LogP contribution in [0.25, 0.3) is 11.4 Å². The molecule has 2 aromatic heterocycles. The Morgan fingerprint density at radius 3 is 2.77 bits per heavy atom. The number of ether oxygens (including phenoxy) is 1.